The van der Waals surface area contributed by atoms with Crippen LogP contribution in [0.1, 0.15) is 15.9 Å². The molecule has 1 heterocycles. The van der Waals surface area contributed by atoms with Crippen molar-refractivity contribution in [2.75, 3.05) is 7.11 Å². The van der Waals surface area contributed by atoms with E-state index in [1.807, 2.05) is 0 Å². The van der Waals surface area contributed by atoms with E-state index in [2.05, 4.69) is 10.5 Å². The van der Waals surface area contributed by atoms with Gasteiger partial charge in [0.25, 0.3) is 5.91 Å². The van der Waals surface area contributed by atoms with Gasteiger partial charge in [-0.05, 0) is 12.1 Å². The Kier molecular flexibility index (Phi) is 4.35. The number of hydrogen-bond acceptors (Lipinski definition) is 5. The summed E-state index contributed by atoms with van der Waals surface area (Å²) in [5.41, 5.74) is 3.00. The molecule has 0 saturated heterocycles. The molecule has 2 N–H and O–H groups in total. The molecule has 0 saturated carbocycles. The van der Waals surface area contributed by atoms with E-state index in [4.69, 9.17) is 4.74 Å². The van der Waals surface area contributed by atoms with Gasteiger partial charge in [0, 0.05) is 17.7 Å². The first-order valence-electron chi connectivity index (χ1n) is 6.00. The van der Waals surface area contributed by atoms with Gasteiger partial charge >= 0.3 is 0 Å². The zero-order valence-electron chi connectivity index (χ0n) is 11.2. The number of amides is 1. The monoisotopic (exact) mass is 287 g/mol. The molecule has 7 heteroatoms. The number of nitrogens with zero attached hydrogens (tertiary/aromatic N) is 2. The van der Waals surface area contributed by atoms with Crippen molar-refractivity contribution in [3.05, 3.63) is 59.1 Å². The molecular weight excluding hydrogens is 274 g/mol. The first kappa shape index (κ1) is 14.3. The van der Waals surface area contributed by atoms with Crippen LogP contribution in [-0.4, -0.2) is 24.3 Å². The van der Waals surface area contributed by atoms with E-state index in [1.54, 1.807) is 18.2 Å². The lowest BCUT2D eigenvalue weighted by atomic mass is 10.2. The van der Waals surface area contributed by atoms with Crippen molar-refractivity contribution in [1.82, 2.24) is 5.43 Å². The molecule has 1 aromatic heterocycles. The summed E-state index contributed by atoms with van der Waals surface area (Å²) in [7, 11) is 1.44. The Balaban J connectivity index is 2.05. The van der Waals surface area contributed by atoms with Crippen LogP contribution in [0.4, 0.5) is 0 Å². The number of pyridine rings is 1. The maximum absolute atomic E-state index is 11.7. The van der Waals surface area contributed by atoms with Gasteiger partial charge in [0.1, 0.15) is 0 Å². The maximum Gasteiger partial charge on any atom is 0.271 e. The van der Waals surface area contributed by atoms with E-state index < -0.39 is 5.91 Å². The Morgan fingerprint density at radius 2 is 2.10 bits per heavy atom. The highest BCUT2D eigenvalue weighted by atomic mass is 16.5. The number of ether oxygens (including phenoxy) is 1. The molecule has 7 nitrogen and oxygen atoms in total. The quantitative estimate of drug-likeness (QED) is 0.376. The SMILES string of the molecule is COc1cccc(/C=N/NC(=O)c2cc[n+]([O-])cc2)c1O. The molecule has 0 aliphatic heterocycles. The van der Waals surface area contributed by atoms with Crippen LogP contribution in [0.5, 0.6) is 11.5 Å². The summed E-state index contributed by atoms with van der Waals surface area (Å²) in [5, 5.41) is 24.4. The number of carbonyl (C=O) groups is 1. The summed E-state index contributed by atoms with van der Waals surface area (Å²) < 4.78 is 5.54. The minimum absolute atomic E-state index is 0.0647. The summed E-state index contributed by atoms with van der Waals surface area (Å²) in [6.07, 6.45) is 3.73. The molecule has 21 heavy (non-hydrogen) atoms. The van der Waals surface area contributed by atoms with Crippen LogP contribution in [0.3, 0.4) is 0 Å². The average Bonchev–Trinajstić information content (AvgIpc) is 2.49. The molecule has 0 bridgehead atoms. The fraction of sp³-hybridized carbons (Fsp3) is 0.0714. The Morgan fingerprint density at radius 3 is 2.76 bits per heavy atom. The molecule has 108 valence electrons. The van der Waals surface area contributed by atoms with Gasteiger partial charge in [-0.2, -0.15) is 9.83 Å². The number of para-hydroxylation sites is 1. The minimum Gasteiger partial charge on any atom is -0.619 e. The van der Waals surface area contributed by atoms with Gasteiger partial charge in [-0.1, -0.05) is 6.07 Å². The minimum atomic E-state index is -0.464. The Labute approximate surface area is 120 Å². The summed E-state index contributed by atoms with van der Waals surface area (Å²) in [6, 6.07) is 7.66. The lowest BCUT2D eigenvalue weighted by Crippen LogP contribution is -2.26. The lowest BCUT2D eigenvalue weighted by Gasteiger charge is -2.05. The predicted octanol–water partition coefficient (Wildman–Crippen LogP) is 0.798. The Morgan fingerprint density at radius 1 is 1.38 bits per heavy atom. The lowest BCUT2D eigenvalue weighted by molar-refractivity contribution is -0.605. The normalized spacial score (nSPS) is 10.5. The highest BCUT2D eigenvalue weighted by Gasteiger charge is 2.07. The van der Waals surface area contributed by atoms with Crippen LogP contribution in [0.25, 0.3) is 0 Å². The van der Waals surface area contributed by atoms with Crippen LogP contribution >= 0.6 is 0 Å². The maximum atomic E-state index is 11.7. The van der Waals surface area contributed by atoms with Crippen molar-refractivity contribution in [3.8, 4) is 11.5 Å². The van der Waals surface area contributed by atoms with E-state index in [0.717, 1.165) is 0 Å². The fourth-order valence-corrected chi connectivity index (χ4v) is 1.60. The zero-order chi connectivity index (χ0) is 15.2. The number of benzene rings is 1. The number of hydrogen-bond donors (Lipinski definition) is 2. The van der Waals surface area contributed by atoms with E-state index in [1.165, 1.54) is 37.9 Å². The molecule has 0 atom stereocenters. The highest BCUT2D eigenvalue weighted by Crippen LogP contribution is 2.27. The molecule has 0 unspecified atom stereocenters. The topological polar surface area (TPSA) is 97.9 Å². The summed E-state index contributed by atoms with van der Waals surface area (Å²) in [6.45, 7) is 0. The van der Waals surface area contributed by atoms with Gasteiger partial charge < -0.3 is 15.1 Å². The molecule has 0 spiro atoms. The number of carbonyl (C=O) groups excluding carboxylic acids is 1. The van der Waals surface area contributed by atoms with Crippen molar-refractivity contribution in [2.45, 2.75) is 0 Å². The van der Waals surface area contributed by atoms with Gasteiger partial charge in [-0.25, -0.2) is 5.43 Å². The van der Waals surface area contributed by atoms with Crippen molar-refractivity contribution >= 4 is 12.1 Å². The third-order valence-electron chi connectivity index (χ3n) is 2.68. The molecule has 2 aromatic rings. The largest absolute Gasteiger partial charge is 0.619 e. The molecule has 0 aliphatic rings. The van der Waals surface area contributed by atoms with Crippen LogP contribution in [0, 0.1) is 5.21 Å². The molecule has 2 rings (SSSR count). The van der Waals surface area contributed by atoms with E-state index >= 15 is 0 Å². The number of hydrazone groups is 1. The first-order chi connectivity index (χ1) is 10.1. The molecule has 0 fully saturated rings. The van der Waals surface area contributed by atoms with E-state index in [9.17, 15) is 15.1 Å². The van der Waals surface area contributed by atoms with Crippen LogP contribution in [-0.2, 0) is 0 Å². The fourth-order valence-electron chi connectivity index (χ4n) is 1.60. The van der Waals surface area contributed by atoms with Gasteiger partial charge in [0.05, 0.1) is 18.9 Å². The third kappa shape index (κ3) is 3.47. The number of aromatic hydroxyl groups is 1. The molecule has 1 amide bonds. The van der Waals surface area contributed by atoms with Crippen molar-refractivity contribution in [1.29, 1.82) is 0 Å². The van der Waals surface area contributed by atoms with Crippen LogP contribution in [0.15, 0.2) is 47.8 Å². The standard InChI is InChI=1S/C14H13N3O4/c1-21-12-4-2-3-11(13(12)18)9-15-16-14(19)10-5-7-17(20)8-6-10/h2-9,18H,1H3,(H,16,19)/b15-9+. The Bertz CT molecular complexity index is 668. The van der Waals surface area contributed by atoms with Gasteiger partial charge in [0.15, 0.2) is 23.9 Å². The van der Waals surface area contributed by atoms with Gasteiger partial charge in [-0.15, -0.1) is 0 Å². The van der Waals surface area contributed by atoms with Crippen molar-refractivity contribution < 1.29 is 19.4 Å². The summed E-state index contributed by atoms with van der Waals surface area (Å²) >= 11 is 0. The third-order valence-corrected chi connectivity index (χ3v) is 2.68. The van der Waals surface area contributed by atoms with Crippen molar-refractivity contribution in [3.63, 3.8) is 0 Å². The number of rotatable bonds is 4. The second-order valence-electron chi connectivity index (χ2n) is 4.04. The summed E-state index contributed by atoms with van der Waals surface area (Å²) in [5.74, 6) is -0.215. The average molecular weight is 287 g/mol. The number of nitrogens with one attached hydrogen (secondary N) is 1. The highest BCUT2D eigenvalue weighted by molar-refractivity contribution is 5.94. The first-order valence-corrected chi connectivity index (χ1v) is 6.00. The second-order valence-corrected chi connectivity index (χ2v) is 4.04. The van der Waals surface area contributed by atoms with Gasteiger partial charge in [0.2, 0.25) is 0 Å². The molecule has 0 aliphatic carbocycles. The van der Waals surface area contributed by atoms with E-state index in [-0.39, 0.29) is 5.75 Å². The van der Waals surface area contributed by atoms with Crippen LogP contribution in [0.2, 0.25) is 0 Å². The molecule has 0 radical (unpaired) electrons. The Hall–Kier alpha value is -3.09. The van der Waals surface area contributed by atoms with Gasteiger partial charge in [-0.3, -0.25) is 4.79 Å². The van der Waals surface area contributed by atoms with Crippen LogP contribution < -0.4 is 14.9 Å². The predicted molar refractivity (Wildman–Crippen MR) is 75.1 cm³/mol. The number of phenols is 1. The number of aromatic nitrogens is 1. The molecule has 1 aromatic carbocycles. The molecular formula is C14H13N3O4. The summed E-state index contributed by atoms with van der Waals surface area (Å²) in [4.78, 5) is 11.7. The number of methoxy groups -OCH3 is 1. The second kappa shape index (κ2) is 6.38. The van der Waals surface area contributed by atoms with Crippen molar-refractivity contribution in [2.24, 2.45) is 5.10 Å². The zero-order valence-corrected chi connectivity index (χ0v) is 11.2. The smallest absolute Gasteiger partial charge is 0.271 e. The number of phenolic OH excluding ortho intramolecular Hbond substituents is 1. The van der Waals surface area contributed by atoms with E-state index in [0.29, 0.717) is 21.6 Å².